The minimum absolute atomic E-state index is 0.833. The molecule has 1 radical (unpaired) electrons. The second-order valence-corrected chi connectivity index (χ2v) is 3.23. The Hall–Kier alpha value is -0.570. The van der Waals surface area contributed by atoms with E-state index < -0.39 is 0 Å². The minimum Gasteiger partial charge on any atom is -0.267 e. The Morgan fingerprint density at radius 3 is 2.58 bits per heavy atom. The fraction of sp³-hybridized carbons (Fsp3) is 0.889. The summed E-state index contributed by atoms with van der Waals surface area (Å²) in [4.78, 5) is 10.6. The molecule has 1 rings (SSSR count). The summed E-state index contributed by atoms with van der Waals surface area (Å²) in [5, 5.41) is 3.80. The molecule has 1 fully saturated rings. The lowest BCUT2D eigenvalue weighted by Gasteiger charge is -2.26. The average molecular weight is 169 g/mol. The van der Waals surface area contributed by atoms with Crippen LogP contribution in [0.5, 0.6) is 0 Å². The Morgan fingerprint density at radius 1 is 1.42 bits per heavy atom. The second kappa shape index (κ2) is 5.14. The summed E-state index contributed by atoms with van der Waals surface area (Å²) < 4.78 is 0. The van der Waals surface area contributed by atoms with Crippen LogP contribution in [0, 0.1) is 0 Å². The highest BCUT2D eigenvalue weighted by Crippen LogP contribution is 2.10. The third-order valence-corrected chi connectivity index (χ3v) is 2.25. The topological polar surface area (TPSA) is 23.6 Å². The highest BCUT2D eigenvalue weighted by Gasteiger charge is 2.17. The number of rotatable bonds is 5. The maximum atomic E-state index is 10.6. The van der Waals surface area contributed by atoms with Crippen LogP contribution in [0.4, 0.5) is 0 Å². The molecule has 0 aromatic heterocycles. The van der Waals surface area contributed by atoms with E-state index in [2.05, 4.69) is 11.9 Å². The number of hydrogen-bond acceptors (Lipinski definition) is 2. The van der Waals surface area contributed by atoms with Gasteiger partial charge in [-0.1, -0.05) is 13.3 Å². The molecule has 3 heteroatoms. The lowest BCUT2D eigenvalue weighted by molar-refractivity contribution is 0.0688. The van der Waals surface area contributed by atoms with Crippen LogP contribution in [0.1, 0.15) is 32.6 Å². The molecule has 0 N–H and O–H groups in total. The van der Waals surface area contributed by atoms with Gasteiger partial charge in [0.1, 0.15) is 0 Å². The van der Waals surface area contributed by atoms with Gasteiger partial charge in [0.2, 0.25) is 0 Å². The molecule has 0 bridgehead atoms. The van der Waals surface area contributed by atoms with Gasteiger partial charge in [-0.3, -0.25) is 9.80 Å². The van der Waals surface area contributed by atoms with Gasteiger partial charge in [-0.15, -0.1) is 0 Å². The van der Waals surface area contributed by atoms with Crippen LogP contribution in [0.2, 0.25) is 0 Å². The van der Waals surface area contributed by atoms with Crippen LogP contribution in [0.3, 0.4) is 0 Å². The molecular weight excluding hydrogens is 152 g/mol. The van der Waals surface area contributed by atoms with Crippen molar-refractivity contribution in [2.45, 2.75) is 32.6 Å². The summed E-state index contributed by atoms with van der Waals surface area (Å²) >= 11 is 0. The van der Waals surface area contributed by atoms with Gasteiger partial charge in [0.05, 0.1) is 0 Å². The number of hydrogen-bond donors (Lipinski definition) is 0. The highest BCUT2D eigenvalue weighted by molar-refractivity contribution is 5.47. The molecule has 69 valence electrons. The molecule has 0 spiro atoms. The lowest BCUT2D eigenvalue weighted by atomic mass is 10.3. The van der Waals surface area contributed by atoms with E-state index >= 15 is 0 Å². The fourth-order valence-corrected chi connectivity index (χ4v) is 1.49. The van der Waals surface area contributed by atoms with Gasteiger partial charge in [-0.05, 0) is 19.3 Å². The number of hydrazine groups is 1. The fourth-order valence-electron chi connectivity index (χ4n) is 1.49. The van der Waals surface area contributed by atoms with Crippen molar-refractivity contribution in [2.24, 2.45) is 0 Å². The summed E-state index contributed by atoms with van der Waals surface area (Å²) in [5.41, 5.74) is 0. The normalized spacial score (nSPS) is 18.1. The van der Waals surface area contributed by atoms with Gasteiger partial charge < -0.3 is 0 Å². The zero-order valence-electron chi connectivity index (χ0n) is 7.75. The molecule has 1 heterocycles. The Balaban J connectivity index is 2.27. The molecule has 1 saturated heterocycles. The molecule has 3 nitrogen and oxygen atoms in total. The Morgan fingerprint density at radius 2 is 2.08 bits per heavy atom. The van der Waals surface area contributed by atoms with Gasteiger partial charge in [0.15, 0.2) is 0 Å². The van der Waals surface area contributed by atoms with Crippen molar-refractivity contribution >= 4 is 6.41 Å². The number of amides is 1. The van der Waals surface area contributed by atoms with E-state index in [1.54, 1.807) is 5.01 Å². The molecule has 0 aliphatic carbocycles. The van der Waals surface area contributed by atoms with E-state index in [4.69, 9.17) is 0 Å². The number of nitrogens with zero attached hydrogens (tertiary/aromatic N) is 2. The van der Waals surface area contributed by atoms with Gasteiger partial charge in [-0.25, -0.2) is 5.01 Å². The van der Waals surface area contributed by atoms with Crippen molar-refractivity contribution in [2.75, 3.05) is 19.6 Å². The van der Waals surface area contributed by atoms with E-state index in [1.807, 2.05) is 6.41 Å². The number of unbranched alkanes of at least 4 members (excludes halogenated alkanes) is 1. The van der Waals surface area contributed by atoms with Crippen LogP contribution >= 0.6 is 0 Å². The molecule has 0 atom stereocenters. The molecule has 1 aliphatic heterocycles. The Labute approximate surface area is 74.3 Å². The van der Waals surface area contributed by atoms with Gasteiger partial charge in [0, 0.05) is 19.6 Å². The SMILES string of the molecule is CCCCN([C]=O)N1CCCC1. The van der Waals surface area contributed by atoms with Gasteiger partial charge >= 0.3 is 6.41 Å². The third kappa shape index (κ3) is 2.48. The zero-order valence-corrected chi connectivity index (χ0v) is 7.75. The predicted molar refractivity (Wildman–Crippen MR) is 48.1 cm³/mol. The van der Waals surface area contributed by atoms with Crippen LogP contribution < -0.4 is 0 Å². The van der Waals surface area contributed by atoms with E-state index in [0.717, 1.165) is 32.5 Å². The Kier molecular flexibility index (Phi) is 4.08. The van der Waals surface area contributed by atoms with E-state index in [-0.39, 0.29) is 0 Å². The molecule has 1 aliphatic rings. The lowest BCUT2D eigenvalue weighted by Crippen LogP contribution is -2.40. The maximum Gasteiger partial charge on any atom is 0.327 e. The third-order valence-electron chi connectivity index (χ3n) is 2.25. The van der Waals surface area contributed by atoms with E-state index in [0.29, 0.717) is 0 Å². The standard InChI is InChI=1S/C9H17N2O/c1-2-3-6-11(9-12)10-7-4-5-8-10/h2-8H2,1H3. The first kappa shape index (κ1) is 9.52. The Bertz CT molecular complexity index is 132. The first-order valence-electron chi connectivity index (χ1n) is 4.78. The van der Waals surface area contributed by atoms with Crippen molar-refractivity contribution in [3.63, 3.8) is 0 Å². The largest absolute Gasteiger partial charge is 0.327 e. The van der Waals surface area contributed by atoms with Crippen molar-refractivity contribution in [1.82, 2.24) is 10.0 Å². The molecule has 12 heavy (non-hydrogen) atoms. The van der Waals surface area contributed by atoms with Gasteiger partial charge in [-0.2, -0.15) is 0 Å². The number of carbonyl (C=O) groups excluding carboxylic acids is 1. The smallest absolute Gasteiger partial charge is 0.267 e. The van der Waals surface area contributed by atoms with Crippen molar-refractivity contribution in [3.8, 4) is 0 Å². The first-order chi connectivity index (χ1) is 5.88. The molecule has 1 amide bonds. The van der Waals surface area contributed by atoms with Crippen LogP contribution in [-0.4, -0.2) is 36.1 Å². The van der Waals surface area contributed by atoms with E-state index in [9.17, 15) is 4.79 Å². The molecule has 0 saturated carbocycles. The van der Waals surface area contributed by atoms with Crippen molar-refractivity contribution in [3.05, 3.63) is 0 Å². The summed E-state index contributed by atoms with van der Waals surface area (Å²) in [6.07, 6.45) is 6.62. The predicted octanol–water partition coefficient (Wildman–Crippen LogP) is 1.17. The first-order valence-corrected chi connectivity index (χ1v) is 4.78. The molecular formula is C9H17N2O. The zero-order chi connectivity index (χ0) is 8.81. The van der Waals surface area contributed by atoms with Crippen molar-refractivity contribution < 1.29 is 4.79 Å². The van der Waals surface area contributed by atoms with Crippen LogP contribution in [-0.2, 0) is 4.79 Å². The summed E-state index contributed by atoms with van der Waals surface area (Å²) in [6.45, 7) is 5.02. The monoisotopic (exact) mass is 169 g/mol. The van der Waals surface area contributed by atoms with Crippen LogP contribution in [0.25, 0.3) is 0 Å². The van der Waals surface area contributed by atoms with E-state index in [1.165, 1.54) is 12.8 Å². The molecule has 0 unspecified atom stereocenters. The van der Waals surface area contributed by atoms with Crippen molar-refractivity contribution in [1.29, 1.82) is 0 Å². The molecule has 0 aromatic carbocycles. The summed E-state index contributed by atoms with van der Waals surface area (Å²) in [5.74, 6) is 0. The summed E-state index contributed by atoms with van der Waals surface area (Å²) in [6, 6.07) is 0. The minimum atomic E-state index is 0.833. The second-order valence-electron chi connectivity index (χ2n) is 3.23. The quantitative estimate of drug-likeness (QED) is 0.577. The molecule has 0 aromatic rings. The maximum absolute atomic E-state index is 10.6. The summed E-state index contributed by atoms with van der Waals surface area (Å²) in [7, 11) is 0. The van der Waals surface area contributed by atoms with Gasteiger partial charge in [0.25, 0.3) is 0 Å². The highest BCUT2D eigenvalue weighted by atomic mass is 16.1. The van der Waals surface area contributed by atoms with Crippen LogP contribution in [0.15, 0.2) is 0 Å². The average Bonchev–Trinajstić information content (AvgIpc) is 2.59.